The Labute approximate surface area is 155 Å². The molecule has 1 atom stereocenters. The topological polar surface area (TPSA) is 64.6 Å². The van der Waals surface area contributed by atoms with E-state index < -0.39 is 11.9 Å². The Kier molecular flexibility index (Phi) is 6.67. The molecule has 0 aromatic heterocycles. The number of hydrogen-bond acceptors (Lipinski definition) is 4. The van der Waals surface area contributed by atoms with Crippen molar-refractivity contribution in [3.63, 3.8) is 0 Å². The second-order valence-corrected chi connectivity index (χ2v) is 6.10. The zero-order chi connectivity index (χ0) is 18.4. The van der Waals surface area contributed by atoms with E-state index in [1.807, 2.05) is 0 Å². The molecule has 2 rings (SSSR count). The smallest absolute Gasteiger partial charge is 0.338 e. The molecule has 0 radical (unpaired) electrons. The molecule has 1 N–H and O–H groups in total. The van der Waals surface area contributed by atoms with Crippen LogP contribution in [0.2, 0.25) is 10.0 Å². The number of methoxy groups -OCH3 is 1. The molecule has 0 fully saturated rings. The minimum Gasteiger partial charge on any atom is -0.497 e. The summed E-state index contributed by atoms with van der Waals surface area (Å²) in [5.41, 5.74) is 1.06. The number of nitrogens with one attached hydrogen (secondary N) is 1. The largest absolute Gasteiger partial charge is 0.497 e. The van der Waals surface area contributed by atoms with Gasteiger partial charge in [0.1, 0.15) is 5.75 Å². The van der Waals surface area contributed by atoms with Crippen LogP contribution < -0.4 is 10.1 Å². The predicted molar refractivity (Wildman–Crippen MR) is 96.3 cm³/mol. The Morgan fingerprint density at radius 1 is 1.12 bits per heavy atom. The maximum atomic E-state index is 12.0. The van der Waals surface area contributed by atoms with Gasteiger partial charge in [-0.1, -0.05) is 29.3 Å². The van der Waals surface area contributed by atoms with Crippen molar-refractivity contribution in [2.45, 2.75) is 13.0 Å². The average Bonchev–Trinajstić information content (AvgIpc) is 2.59. The van der Waals surface area contributed by atoms with Crippen molar-refractivity contribution in [3.8, 4) is 5.75 Å². The fourth-order valence-electron chi connectivity index (χ4n) is 2.16. The van der Waals surface area contributed by atoms with E-state index in [9.17, 15) is 9.59 Å². The molecule has 7 heteroatoms. The van der Waals surface area contributed by atoms with E-state index in [1.165, 1.54) is 7.11 Å². The van der Waals surface area contributed by atoms with Crippen molar-refractivity contribution in [1.29, 1.82) is 0 Å². The molecule has 0 aliphatic heterocycles. The van der Waals surface area contributed by atoms with E-state index in [-0.39, 0.29) is 12.6 Å². The maximum Gasteiger partial charge on any atom is 0.338 e. The molecule has 1 amide bonds. The summed E-state index contributed by atoms with van der Waals surface area (Å²) >= 11 is 12.0. The zero-order valence-electron chi connectivity index (χ0n) is 13.7. The summed E-state index contributed by atoms with van der Waals surface area (Å²) in [7, 11) is 1.53. The second kappa shape index (κ2) is 8.74. The number of esters is 1. The van der Waals surface area contributed by atoms with Crippen molar-refractivity contribution in [2.24, 2.45) is 0 Å². The van der Waals surface area contributed by atoms with Crippen LogP contribution in [-0.4, -0.2) is 25.6 Å². The van der Waals surface area contributed by atoms with Crippen LogP contribution in [0.25, 0.3) is 0 Å². The second-order valence-electron chi connectivity index (χ2n) is 5.26. The Bertz CT molecular complexity index is 762. The third-order valence-electron chi connectivity index (χ3n) is 3.47. The molecule has 0 saturated heterocycles. The van der Waals surface area contributed by atoms with Crippen LogP contribution in [0.5, 0.6) is 5.75 Å². The Hall–Kier alpha value is -2.24. The molecular formula is C18H17Cl2NO4. The molecular weight excluding hydrogens is 365 g/mol. The van der Waals surface area contributed by atoms with Crippen molar-refractivity contribution < 1.29 is 19.1 Å². The number of halogens is 2. The summed E-state index contributed by atoms with van der Waals surface area (Å²) in [6.07, 6.45) is 0. The molecule has 0 unspecified atom stereocenters. The van der Waals surface area contributed by atoms with Gasteiger partial charge in [0, 0.05) is 10.0 Å². The third kappa shape index (κ3) is 5.37. The van der Waals surface area contributed by atoms with Gasteiger partial charge < -0.3 is 14.8 Å². The number of hydrogen-bond donors (Lipinski definition) is 1. The summed E-state index contributed by atoms with van der Waals surface area (Å²) in [5, 5.41) is 3.69. The van der Waals surface area contributed by atoms with Crippen molar-refractivity contribution >= 4 is 35.1 Å². The molecule has 0 aliphatic carbocycles. The SMILES string of the molecule is COc1ccc(C(=O)OCC(=O)N[C@@H](C)c2ccc(Cl)cc2Cl)cc1. The molecule has 0 spiro atoms. The van der Waals surface area contributed by atoms with Crippen LogP contribution in [0.4, 0.5) is 0 Å². The van der Waals surface area contributed by atoms with E-state index in [4.69, 9.17) is 32.7 Å². The first-order valence-corrected chi connectivity index (χ1v) is 8.21. The van der Waals surface area contributed by atoms with Gasteiger partial charge in [-0.15, -0.1) is 0 Å². The van der Waals surface area contributed by atoms with Crippen molar-refractivity contribution in [1.82, 2.24) is 5.32 Å². The standard InChI is InChI=1S/C18H17Cl2NO4/c1-11(15-8-5-13(19)9-16(15)20)21-17(22)10-25-18(23)12-3-6-14(24-2)7-4-12/h3-9,11H,10H2,1-2H3,(H,21,22)/t11-/m0/s1. The summed E-state index contributed by atoms with van der Waals surface area (Å²) in [6, 6.07) is 11.1. The first-order valence-electron chi connectivity index (χ1n) is 7.46. The average molecular weight is 382 g/mol. The molecule has 0 aliphatic rings. The van der Waals surface area contributed by atoms with Crippen molar-refractivity contribution in [2.75, 3.05) is 13.7 Å². The van der Waals surface area contributed by atoms with Gasteiger partial charge in [-0.05, 0) is 48.9 Å². The first-order chi connectivity index (χ1) is 11.9. The van der Waals surface area contributed by atoms with Gasteiger partial charge in [0.05, 0.1) is 18.7 Å². The van der Waals surface area contributed by atoms with Gasteiger partial charge in [0.15, 0.2) is 6.61 Å². The lowest BCUT2D eigenvalue weighted by Crippen LogP contribution is -2.31. The summed E-state index contributed by atoms with van der Waals surface area (Å²) < 4.78 is 10.0. The number of carbonyl (C=O) groups is 2. The first kappa shape index (κ1) is 19.1. The fraction of sp³-hybridized carbons (Fsp3) is 0.222. The number of carbonyl (C=O) groups excluding carboxylic acids is 2. The van der Waals surface area contributed by atoms with Crippen LogP contribution in [-0.2, 0) is 9.53 Å². The van der Waals surface area contributed by atoms with E-state index in [2.05, 4.69) is 5.32 Å². The Balaban J connectivity index is 1.88. The minimum absolute atomic E-state index is 0.336. The highest BCUT2D eigenvalue weighted by molar-refractivity contribution is 6.35. The van der Waals surface area contributed by atoms with Gasteiger partial charge >= 0.3 is 5.97 Å². The maximum absolute atomic E-state index is 12.0. The van der Waals surface area contributed by atoms with E-state index in [0.717, 1.165) is 5.56 Å². The van der Waals surface area contributed by atoms with Gasteiger partial charge in [0.2, 0.25) is 0 Å². The van der Waals surface area contributed by atoms with Crippen LogP contribution in [0, 0.1) is 0 Å². The molecule has 25 heavy (non-hydrogen) atoms. The van der Waals surface area contributed by atoms with E-state index in [1.54, 1.807) is 49.4 Å². The number of rotatable bonds is 6. The predicted octanol–water partition coefficient (Wildman–Crippen LogP) is 4.04. The van der Waals surface area contributed by atoms with Crippen LogP contribution >= 0.6 is 23.2 Å². The number of amides is 1. The van der Waals surface area contributed by atoms with Gasteiger partial charge in [-0.3, -0.25) is 4.79 Å². The number of ether oxygens (including phenoxy) is 2. The lowest BCUT2D eigenvalue weighted by atomic mass is 10.1. The Morgan fingerprint density at radius 2 is 1.80 bits per heavy atom. The highest BCUT2D eigenvalue weighted by Crippen LogP contribution is 2.26. The van der Waals surface area contributed by atoms with Crippen LogP contribution in [0.1, 0.15) is 28.9 Å². The molecule has 0 bridgehead atoms. The molecule has 2 aromatic rings. The van der Waals surface area contributed by atoms with Gasteiger partial charge in [-0.2, -0.15) is 0 Å². The van der Waals surface area contributed by atoms with Gasteiger partial charge in [0.25, 0.3) is 5.91 Å². The summed E-state index contributed by atoms with van der Waals surface area (Å²) in [4.78, 5) is 23.9. The lowest BCUT2D eigenvalue weighted by Gasteiger charge is -2.16. The third-order valence-corrected chi connectivity index (χ3v) is 4.03. The Morgan fingerprint density at radius 3 is 2.40 bits per heavy atom. The van der Waals surface area contributed by atoms with E-state index >= 15 is 0 Å². The molecule has 0 saturated carbocycles. The summed E-state index contributed by atoms with van der Waals surface area (Å²) in [6.45, 7) is 1.39. The minimum atomic E-state index is -0.588. The highest BCUT2D eigenvalue weighted by Gasteiger charge is 2.15. The molecule has 0 heterocycles. The molecule has 132 valence electrons. The zero-order valence-corrected chi connectivity index (χ0v) is 15.2. The summed E-state index contributed by atoms with van der Waals surface area (Å²) in [5.74, 6) is -0.390. The van der Waals surface area contributed by atoms with Crippen molar-refractivity contribution in [3.05, 3.63) is 63.6 Å². The fourth-order valence-corrected chi connectivity index (χ4v) is 2.73. The quantitative estimate of drug-likeness (QED) is 0.766. The number of benzene rings is 2. The van der Waals surface area contributed by atoms with E-state index in [0.29, 0.717) is 21.4 Å². The molecule has 2 aromatic carbocycles. The lowest BCUT2D eigenvalue weighted by molar-refractivity contribution is -0.124. The monoisotopic (exact) mass is 381 g/mol. The normalized spacial score (nSPS) is 11.5. The van der Waals surface area contributed by atoms with Crippen LogP contribution in [0.3, 0.4) is 0 Å². The highest BCUT2D eigenvalue weighted by atomic mass is 35.5. The van der Waals surface area contributed by atoms with Crippen LogP contribution in [0.15, 0.2) is 42.5 Å². The van der Waals surface area contributed by atoms with Gasteiger partial charge in [-0.25, -0.2) is 4.79 Å². The molecule has 5 nitrogen and oxygen atoms in total.